The number of amides is 1. The number of carbonyl (C=O) groups is 2. The first-order chi connectivity index (χ1) is 11.3. The summed E-state index contributed by atoms with van der Waals surface area (Å²) in [6.45, 7) is 0. The summed E-state index contributed by atoms with van der Waals surface area (Å²) in [5.41, 5.74) is -0.413. The van der Waals surface area contributed by atoms with Crippen molar-refractivity contribution in [3.8, 4) is 0 Å². The van der Waals surface area contributed by atoms with E-state index in [-0.39, 0.29) is 12.1 Å². The van der Waals surface area contributed by atoms with Gasteiger partial charge in [0.05, 0.1) is 5.56 Å². The molecule has 0 saturated heterocycles. The number of rotatable bonds is 5. The fraction of sp³-hybridized carbons (Fsp3) is 0.188. The van der Waals surface area contributed by atoms with Crippen molar-refractivity contribution in [2.45, 2.75) is 18.6 Å². The average Bonchev–Trinajstić information content (AvgIpc) is 2.54. The molecule has 1 amide bonds. The summed E-state index contributed by atoms with van der Waals surface area (Å²) >= 11 is 0. The van der Waals surface area contributed by atoms with Gasteiger partial charge in [0.25, 0.3) is 5.91 Å². The highest BCUT2D eigenvalue weighted by atomic mass is 19.4. The predicted octanol–water partition coefficient (Wildman–Crippen LogP) is 2.53. The molecular weight excluding hydrogens is 325 g/mol. The van der Waals surface area contributed by atoms with Gasteiger partial charge in [0.1, 0.15) is 11.7 Å². The second-order valence-corrected chi connectivity index (χ2v) is 4.98. The van der Waals surface area contributed by atoms with Crippen molar-refractivity contribution < 1.29 is 27.9 Å². The zero-order valence-corrected chi connectivity index (χ0v) is 12.2. The Hall–Kier alpha value is -2.90. The summed E-state index contributed by atoms with van der Waals surface area (Å²) < 4.78 is 37.5. The zero-order chi connectivity index (χ0) is 17.7. The molecule has 1 aromatic heterocycles. The summed E-state index contributed by atoms with van der Waals surface area (Å²) in [6, 6.07) is 7.44. The molecule has 126 valence electrons. The first-order valence-electron chi connectivity index (χ1n) is 6.88. The highest BCUT2D eigenvalue weighted by molar-refractivity contribution is 5.94. The maximum atomic E-state index is 12.5. The molecule has 2 rings (SSSR count). The first-order valence-corrected chi connectivity index (χ1v) is 6.88. The number of hydrogen-bond acceptors (Lipinski definition) is 3. The third-order valence-corrected chi connectivity index (χ3v) is 3.22. The average molecular weight is 338 g/mol. The molecule has 0 fully saturated rings. The Morgan fingerprint density at radius 1 is 1.12 bits per heavy atom. The van der Waals surface area contributed by atoms with Gasteiger partial charge in [0, 0.05) is 12.6 Å². The van der Waals surface area contributed by atoms with Crippen LogP contribution >= 0.6 is 0 Å². The van der Waals surface area contributed by atoms with E-state index in [9.17, 15) is 27.9 Å². The van der Waals surface area contributed by atoms with Crippen LogP contribution in [0.4, 0.5) is 13.2 Å². The highest BCUT2D eigenvalue weighted by Crippen LogP contribution is 2.29. The minimum atomic E-state index is -4.46. The van der Waals surface area contributed by atoms with Crippen LogP contribution in [-0.4, -0.2) is 28.0 Å². The Morgan fingerprint density at radius 2 is 1.79 bits per heavy atom. The number of hydrogen-bond donors (Lipinski definition) is 2. The SMILES string of the molecule is O=C(N[C@@H](Cc1ccc(C(F)(F)F)cc1)C(=O)O)c1ccccn1. The Balaban J connectivity index is 2.09. The van der Waals surface area contributed by atoms with Gasteiger partial charge in [-0.25, -0.2) is 4.79 Å². The number of carboxylic acid groups (broad SMARTS) is 1. The molecule has 2 N–H and O–H groups in total. The van der Waals surface area contributed by atoms with Crippen molar-refractivity contribution in [3.05, 3.63) is 65.5 Å². The van der Waals surface area contributed by atoms with Gasteiger partial charge in [0.15, 0.2) is 0 Å². The Bertz CT molecular complexity index is 716. The topological polar surface area (TPSA) is 79.3 Å². The van der Waals surface area contributed by atoms with Crippen molar-refractivity contribution in [2.75, 3.05) is 0 Å². The third-order valence-electron chi connectivity index (χ3n) is 3.22. The van der Waals surface area contributed by atoms with Crippen molar-refractivity contribution in [1.29, 1.82) is 0 Å². The number of nitrogens with zero attached hydrogens (tertiary/aromatic N) is 1. The molecule has 1 heterocycles. The molecule has 0 radical (unpaired) electrons. The second kappa shape index (κ2) is 7.12. The van der Waals surface area contributed by atoms with Gasteiger partial charge in [-0.05, 0) is 29.8 Å². The van der Waals surface area contributed by atoms with Crippen LogP contribution in [-0.2, 0) is 17.4 Å². The Morgan fingerprint density at radius 3 is 2.29 bits per heavy atom. The summed E-state index contributed by atoms with van der Waals surface area (Å²) in [4.78, 5) is 27.0. The van der Waals surface area contributed by atoms with Gasteiger partial charge in [-0.15, -0.1) is 0 Å². The number of halogens is 3. The molecule has 0 saturated carbocycles. The fourth-order valence-electron chi connectivity index (χ4n) is 1.99. The lowest BCUT2D eigenvalue weighted by Gasteiger charge is -2.15. The first kappa shape index (κ1) is 17.5. The maximum Gasteiger partial charge on any atom is 0.416 e. The normalized spacial score (nSPS) is 12.5. The molecule has 0 unspecified atom stereocenters. The molecule has 1 aromatic carbocycles. The summed E-state index contributed by atoms with van der Waals surface area (Å²) in [5, 5.41) is 11.5. The van der Waals surface area contributed by atoms with Crippen LogP contribution in [0.3, 0.4) is 0 Å². The van der Waals surface area contributed by atoms with Crippen molar-refractivity contribution >= 4 is 11.9 Å². The van der Waals surface area contributed by atoms with Gasteiger partial charge in [-0.1, -0.05) is 18.2 Å². The number of carboxylic acids is 1. The van der Waals surface area contributed by atoms with Gasteiger partial charge in [0.2, 0.25) is 0 Å². The predicted molar refractivity (Wildman–Crippen MR) is 78.3 cm³/mol. The number of aromatic nitrogens is 1. The van der Waals surface area contributed by atoms with Crippen molar-refractivity contribution in [2.24, 2.45) is 0 Å². The summed E-state index contributed by atoms with van der Waals surface area (Å²) in [7, 11) is 0. The van der Waals surface area contributed by atoms with Crippen LogP contribution < -0.4 is 5.32 Å². The number of pyridine rings is 1. The van der Waals surface area contributed by atoms with E-state index in [0.29, 0.717) is 5.56 Å². The lowest BCUT2D eigenvalue weighted by molar-refractivity contribution is -0.139. The molecule has 0 aliphatic heterocycles. The zero-order valence-electron chi connectivity index (χ0n) is 12.2. The molecule has 0 aliphatic rings. The number of benzene rings is 1. The minimum Gasteiger partial charge on any atom is -0.480 e. The van der Waals surface area contributed by atoms with Crippen LogP contribution in [0.1, 0.15) is 21.6 Å². The quantitative estimate of drug-likeness (QED) is 0.878. The summed E-state index contributed by atoms with van der Waals surface area (Å²) in [5.74, 6) is -1.96. The number of carbonyl (C=O) groups excluding carboxylic acids is 1. The van der Waals surface area contributed by atoms with Gasteiger partial charge in [-0.2, -0.15) is 13.2 Å². The van der Waals surface area contributed by atoms with E-state index in [1.54, 1.807) is 12.1 Å². The van der Waals surface area contributed by atoms with Crippen LogP contribution in [0.15, 0.2) is 48.7 Å². The van der Waals surface area contributed by atoms with E-state index in [1.165, 1.54) is 24.4 Å². The van der Waals surface area contributed by atoms with Crippen molar-refractivity contribution in [1.82, 2.24) is 10.3 Å². The lowest BCUT2D eigenvalue weighted by Crippen LogP contribution is -2.42. The molecule has 0 aliphatic carbocycles. The number of alkyl halides is 3. The Labute approximate surface area is 135 Å². The van der Waals surface area contributed by atoms with E-state index in [2.05, 4.69) is 10.3 Å². The lowest BCUT2D eigenvalue weighted by atomic mass is 10.0. The number of nitrogens with one attached hydrogen (secondary N) is 1. The second-order valence-electron chi connectivity index (χ2n) is 4.98. The van der Waals surface area contributed by atoms with Crippen LogP contribution in [0.25, 0.3) is 0 Å². The fourth-order valence-corrected chi connectivity index (χ4v) is 1.99. The van der Waals surface area contributed by atoms with Gasteiger partial charge >= 0.3 is 12.1 Å². The van der Waals surface area contributed by atoms with Crippen LogP contribution in [0.2, 0.25) is 0 Å². The smallest absolute Gasteiger partial charge is 0.416 e. The highest BCUT2D eigenvalue weighted by Gasteiger charge is 2.30. The van der Waals surface area contributed by atoms with Crippen LogP contribution in [0.5, 0.6) is 0 Å². The van der Waals surface area contributed by atoms with Crippen molar-refractivity contribution in [3.63, 3.8) is 0 Å². The van der Waals surface area contributed by atoms with Crippen LogP contribution in [0, 0.1) is 0 Å². The van der Waals surface area contributed by atoms with Gasteiger partial charge in [-0.3, -0.25) is 9.78 Å². The standard InChI is InChI=1S/C16H13F3N2O3/c17-16(18,19)11-6-4-10(5-7-11)9-13(15(23)24)21-14(22)12-3-1-2-8-20-12/h1-8,13H,9H2,(H,21,22)(H,23,24)/t13-/m0/s1. The molecule has 0 bridgehead atoms. The molecule has 0 spiro atoms. The third kappa shape index (κ3) is 4.55. The molecule has 5 nitrogen and oxygen atoms in total. The largest absolute Gasteiger partial charge is 0.480 e. The van der Waals surface area contributed by atoms with Gasteiger partial charge < -0.3 is 10.4 Å². The number of aliphatic carboxylic acids is 1. The van der Waals surface area contributed by atoms with E-state index in [1.807, 2.05) is 0 Å². The molecule has 1 atom stereocenters. The van der Waals surface area contributed by atoms with E-state index < -0.39 is 29.7 Å². The maximum absolute atomic E-state index is 12.5. The summed E-state index contributed by atoms with van der Waals surface area (Å²) in [6.07, 6.45) is -3.22. The van der Waals surface area contributed by atoms with E-state index in [0.717, 1.165) is 12.1 Å². The molecular formula is C16H13F3N2O3. The molecule has 24 heavy (non-hydrogen) atoms. The minimum absolute atomic E-state index is 0.0520. The monoisotopic (exact) mass is 338 g/mol. The van der Waals surface area contributed by atoms with E-state index in [4.69, 9.17) is 0 Å². The van der Waals surface area contributed by atoms with E-state index >= 15 is 0 Å². The molecule has 2 aromatic rings. The molecule has 8 heteroatoms. The Kier molecular flexibility index (Phi) is 5.18.